The highest BCUT2D eigenvalue weighted by atomic mass is 35.5. The first-order valence-corrected chi connectivity index (χ1v) is 10.5. The molecule has 2 aliphatic rings. The lowest BCUT2D eigenvalue weighted by Crippen LogP contribution is -2.41. The monoisotopic (exact) mass is 412 g/mol. The van der Waals surface area contributed by atoms with Crippen LogP contribution in [-0.2, 0) is 0 Å². The van der Waals surface area contributed by atoms with Gasteiger partial charge in [0, 0.05) is 41.2 Å². The van der Waals surface area contributed by atoms with Gasteiger partial charge < -0.3 is 15.0 Å². The average Bonchev–Trinajstić information content (AvgIpc) is 3.56. The third kappa shape index (κ3) is 5.30. The Morgan fingerprint density at radius 2 is 1.86 bits per heavy atom. The molecule has 29 heavy (non-hydrogen) atoms. The van der Waals surface area contributed by atoms with E-state index < -0.39 is 0 Å². The number of amides is 2. The Morgan fingerprint density at radius 3 is 2.66 bits per heavy atom. The fourth-order valence-corrected chi connectivity index (χ4v) is 3.82. The molecule has 5 nitrogen and oxygen atoms in total. The topological polar surface area (TPSA) is 58.6 Å². The van der Waals surface area contributed by atoms with Crippen LogP contribution in [0, 0.1) is 5.92 Å². The van der Waals surface area contributed by atoms with Crippen LogP contribution >= 0.6 is 11.6 Å². The van der Waals surface area contributed by atoms with Crippen molar-refractivity contribution in [3.63, 3.8) is 0 Å². The summed E-state index contributed by atoms with van der Waals surface area (Å²) >= 11 is 6.02. The molecule has 2 aromatic rings. The van der Waals surface area contributed by atoms with Crippen LogP contribution in [0.15, 0.2) is 48.5 Å². The normalized spacial score (nSPS) is 18.9. The Morgan fingerprint density at radius 1 is 1.07 bits per heavy atom. The molecule has 1 aliphatic heterocycles. The minimum absolute atomic E-state index is 0.0101. The Hall–Kier alpha value is -2.53. The lowest BCUT2D eigenvalue weighted by Gasteiger charge is -2.32. The highest BCUT2D eigenvalue weighted by Crippen LogP contribution is 2.23. The van der Waals surface area contributed by atoms with Crippen molar-refractivity contribution in [1.29, 1.82) is 0 Å². The molecule has 152 valence electrons. The molecule has 0 radical (unpaired) electrons. The van der Waals surface area contributed by atoms with Gasteiger partial charge in [-0.1, -0.05) is 23.7 Å². The van der Waals surface area contributed by atoms with Gasteiger partial charge in [-0.25, -0.2) is 0 Å². The number of carbonyl (C=O) groups excluding carboxylic acids is 2. The molecular weight excluding hydrogens is 388 g/mol. The van der Waals surface area contributed by atoms with Gasteiger partial charge in [-0.2, -0.15) is 0 Å². The van der Waals surface area contributed by atoms with E-state index in [-0.39, 0.29) is 17.7 Å². The maximum absolute atomic E-state index is 12.8. The zero-order chi connectivity index (χ0) is 20.2. The number of nitrogens with one attached hydrogen (secondary N) is 1. The predicted molar refractivity (Wildman–Crippen MR) is 113 cm³/mol. The number of hydrogen-bond acceptors (Lipinski definition) is 3. The minimum atomic E-state index is -0.0473. The van der Waals surface area contributed by atoms with Crippen LogP contribution < -0.4 is 10.1 Å². The van der Waals surface area contributed by atoms with Gasteiger partial charge in [0.1, 0.15) is 5.75 Å². The summed E-state index contributed by atoms with van der Waals surface area (Å²) in [6, 6.07) is 14.7. The van der Waals surface area contributed by atoms with Crippen LogP contribution in [0.2, 0.25) is 5.02 Å². The van der Waals surface area contributed by atoms with E-state index in [0.29, 0.717) is 41.1 Å². The third-order valence-corrected chi connectivity index (χ3v) is 5.61. The minimum Gasteiger partial charge on any atom is -0.493 e. The standard InChI is InChI=1S/C23H25ClN2O3/c24-19-7-1-6-18(12-19)23(28)26-11-3-4-16(14-26)15-29-21-8-2-5-17(13-21)22(27)25-20-9-10-20/h1-2,5-8,12-13,16,20H,3-4,9-11,14-15H2,(H,25,27)/t16-/m1/s1. The van der Waals surface area contributed by atoms with Crippen LogP contribution in [0.5, 0.6) is 5.75 Å². The van der Waals surface area contributed by atoms with Gasteiger partial charge in [-0.05, 0) is 62.1 Å². The van der Waals surface area contributed by atoms with Crippen molar-refractivity contribution in [3.05, 3.63) is 64.7 Å². The van der Waals surface area contributed by atoms with Gasteiger partial charge in [0.25, 0.3) is 11.8 Å². The molecule has 1 atom stereocenters. The first-order valence-electron chi connectivity index (χ1n) is 10.2. The van der Waals surface area contributed by atoms with E-state index in [2.05, 4.69) is 5.32 Å². The fraction of sp³-hybridized carbons (Fsp3) is 0.391. The summed E-state index contributed by atoms with van der Waals surface area (Å²) in [6.07, 6.45) is 4.09. The van der Waals surface area contributed by atoms with Gasteiger partial charge in [0.15, 0.2) is 0 Å². The largest absolute Gasteiger partial charge is 0.493 e. The van der Waals surface area contributed by atoms with Gasteiger partial charge in [-0.15, -0.1) is 0 Å². The predicted octanol–water partition coefficient (Wildman–Crippen LogP) is 4.16. The van der Waals surface area contributed by atoms with E-state index in [0.717, 1.165) is 32.2 Å². The summed E-state index contributed by atoms with van der Waals surface area (Å²) in [5.74, 6) is 0.910. The summed E-state index contributed by atoms with van der Waals surface area (Å²) in [5.41, 5.74) is 1.24. The van der Waals surface area contributed by atoms with Crippen LogP contribution in [0.25, 0.3) is 0 Å². The van der Waals surface area contributed by atoms with Gasteiger partial charge in [0.2, 0.25) is 0 Å². The second kappa shape index (κ2) is 8.87. The van der Waals surface area contributed by atoms with Crippen LogP contribution in [-0.4, -0.2) is 42.5 Å². The molecule has 1 N–H and O–H groups in total. The van der Waals surface area contributed by atoms with Crippen molar-refractivity contribution < 1.29 is 14.3 Å². The SMILES string of the molecule is O=C(NC1CC1)c1cccc(OC[C@@H]2CCCN(C(=O)c3cccc(Cl)c3)C2)c1. The average molecular weight is 413 g/mol. The Labute approximate surface area is 176 Å². The van der Waals surface area contributed by atoms with Crippen molar-refractivity contribution in [2.24, 2.45) is 5.92 Å². The molecule has 0 bridgehead atoms. The first-order chi connectivity index (χ1) is 14.1. The Balaban J connectivity index is 1.33. The van der Waals surface area contributed by atoms with E-state index in [4.69, 9.17) is 16.3 Å². The zero-order valence-electron chi connectivity index (χ0n) is 16.3. The van der Waals surface area contributed by atoms with E-state index in [1.54, 1.807) is 36.4 Å². The molecule has 4 rings (SSSR count). The number of rotatable bonds is 6. The van der Waals surface area contributed by atoms with Crippen LogP contribution in [0.1, 0.15) is 46.4 Å². The summed E-state index contributed by atoms with van der Waals surface area (Å²) in [5, 5.41) is 3.56. The molecule has 1 saturated carbocycles. The number of hydrogen-bond donors (Lipinski definition) is 1. The number of ether oxygens (including phenoxy) is 1. The summed E-state index contributed by atoms with van der Waals surface area (Å²) in [7, 11) is 0. The van der Waals surface area contributed by atoms with Crippen molar-refractivity contribution in [3.8, 4) is 5.75 Å². The Bertz CT molecular complexity index is 897. The Kier molecular flexibility index (Phi) is 6.05. The second-order valence-corrected chi connectivity index (χ2v) is 8.29. The molecule has 1 saturated heterocycles. The van der Waals surface area contributed by atoms with Gasteiger partial charge in [-0.3, -0.25) is 9.59 Å². The fourth-order valence-electron chi connectivity index (χ4n) is 3.63. The molecule has 2 amide bonds. The lowest BCUT2D eigenvalue weighted by atomic mass is 9.98. The molecular formula is C23H25ClN2O3. The molecule has 2 aromatic carbocycles. The quantitative estimate of drug-likeness (QED) is 0.774. The van der Waals surface area contributed by atoms with E-state index in [9.17, 15) is 9.59 Å². The summed E-state index contributed by atoms with van der Waals surface area (Å²) < 4.78 is 5.97. The van der Waals surface area contributed by atoms with Crippen molar-refractivity contribution in [2.45, 2.75) is 31.7 Å². The zero-order valence-corrected chi connectivity index (χ0v) is 17.0. The molecule has 0 spiro atoms. The molecule has 1 aliphatic carbocycles. The van der Waals surface area contributed by atoms with Gasteiger partial charge in [0.05, 0.1) is 6.61 Å². The number of likely N-dealkylation sites (tertiary alicyclic amines) is 1. The number of halogens is 1. The van der Waals surface area contributed by atoms with Crippen molar-refractivity contribution >= 4 is 23.4 Å². The van der Waals surface area contributed by atoms with E-state index in [1.165, 1.54) is 0 Å². The van der Waals surface area contributed by atoms with E-state index in [1.807, 2.05) is 17.0 Å². The number of piperidine rings is 1. The summed E-state index contributed by atoms with van der Waals surface area (Å²) in [6.45, 7) is 1.93. The highest BCUT2D eigenvalue weighted by molar-refractivity contribution is 6.30. The third-order valence-electron chi connectivity index (χ3n) is 5.37. The molecule has 0 unspecified atom stereocenters. The molecule has 0 aromatic heterocycles. The molecule has 6 heteroatoms. The number of nitrogens with zero attached hydrogens (tertiary/aromatic N) is 1. The van der Waals surface area contributed by atoms with Crippen molar-refractivity contribution in [2.75, 3.05) is 19.7 Å². The van der Waals surface area contributed by atoms with E-state index >= 15 is 0 Å². The smallest absolute Gasteiger partial charge is 0.253 e. The first kappa shape index (κ1) is 19.8. The maximum atomic E-state index is 12.8. The molecule has 2 fully saturated rings. The summed E-state index contributed by atoms with van der Waals surface area (Å²) in [4.78, 5) is 26.9. The van der Waals surface area contributed by atoms with Crippen molar-refractivity contribution in [1.82, 2.24) is 10.2 Å². The second-order valence-electron chi connectivity index (χ2n) is 7.86. The number of carbonyl (C=O) groups is 2. The lowest BCUT2D eigenvalue weighted by molar-refractivity contribution is 0.0633. The van der Waals surface area contributed by atoms with Gasteiger partial charge >= 0.3 is 0 Å². The highest BCUT2D eigenvalue weighted by Gasteiger charge is 2.26. The molecule has 1 heterocycles. The van der Waals surface area contributed by atoms with Crippen LogP contribution in [0.4, 0.5) is 0 Å². The number of benzene rings is 2. The maximum Gasteiger partial charge on any atom is 0.253 e. The van der Waals surface area contributed by atoms with Crippen LogP contribution in [0.3, 0.4) is 0 Å².